The summed E-state index contributed by atoms with van der Waals surface area (Å²) in [6.45, 7) is 1.95. The third kappa shape index (κ3) is 5.80. The zero-order valence-corrected chi connectivity index (χ0v) is 16.1. The summed E-state index contributed by atoms with van der Waals surface area (Å²) >= 11 is 2.88. The van der Waals surface area contributed by atoms with Gasteiger partial charge in [0.2, 0.25) is 0 Å². The Morgan fingerprint density at radius 2 is 1.56 bits per heavy atom. The number of hydrogen-bond acceptors (Lipinski definition) is 6. The predicted molar refractivity (Wildman–Crippen MR) is 102 cm³/mol. The molecular weight excluding hydrogens is 390 g/mol. The number of aryl methyl sites for hydroxylation is 1. The highest BCUT2D eigenvalue weighted by atomic mass is 32.2. The van der Waals surface area contributed by atoms with Crippen molar-refractivity contribution in [1.29, 1.82) is 0 Å². The van der Waals surface area contributed by atoms with Crippen LogP contribution in [0.3, 0.4) is 0 Å². The number of ether oxygens (including phenoxy) is 1. The van der Waals surface area contributed by atoms with Crippen molar-refractivity contribution in [3.05, 3.63) is 76.3 Å². The summed E-state index contributed by atoms with van der Waals surface area (Å²) in [6, 6.07) is 11.9. The number of rotatable bonds is 8. The number of aliphatic hydroxyl groups excluding tert-OH is 1. The molecule has 8 heteroatoms. The molecule has 4 nitrogen and oxygen atoms in total. The van der Waals surface area contributed by atoms with E-state index in [0.29, 0.717) is 5.75 Å². The van der Waals surface area contributed by atoms with E-state index in [9.17, 15) is 13.9 Å². The summed E-state index contributed by atoms with van der Waals surface area (Å²) in [5.41, 5.74) is 1.45. The van der Waals surface area contributed by atoms with Crippen LogP contribution in [0.25, 0.3) is 0 Å². The molecule has 0 radical (unpaired) electrons. The third-order valence-corrected chi connectivity index (χ3v) is 5.82. The van der Waals surface area contributed by atoms with E-state index in [4.69, 9.17) is 4.74 Å². The predicted octanol–water partition coefficient (Wildman–Crippen LogP) is 4.38. The van der Waals surface area contributed by atoms with Gasteiger partial charge in [0.05, 0.1) is 12.7 Å². The summed E-state index contributed by atoms with van der Waals surface area (Å²) in [7, 11) is 0. The minimum absolute atomic E-state index is 0.0736. The molecule has 1 heterocycles. The van der Waals surface area contributed by atoms with Crippen molar-refractivity contribution in [3.63, 3.8) is 0 Å². The van der Waals surface area contributed by atoms with Crippen molar-refractivity contribution in [2.45, 2.75) is 23.5 Å². The Morgan fingerprint density at radius 1 is 1.00 bits per heavy atom. The minimum atomic E-state index is -0.720. The number of thioether (sulfide) groups is 1. The molecule has 142 valence electrons. The maximum Gasteiger partial charge on any atom is 0.174 e. The van der Waals surface area contributed by atoms with Crippen LogP contribution in [0.15, 0.2) is 52.9 Å². The number of hydrogen-bond donors (Lipinski definition) is 1. The van der Waals surface area contributed by atoms with Crippen LogP contribution in [0.1, 0.15) is 22.2 Å². The summed E-state index contributed by atoms with van der Waals surface area (Å²) in [6.07, 6.45) is -1.25. The van der Waals surface area contributed by atoms with E-state index in [-0.39, 0.29) is 18.2 Å². The molecule has 0 spiro atoms. The maximum atomic E-state index is 13.2. The van der Waals surface area contributed by atoms with Gasteiger partial charge in [0.25, 0.3) is 0 Å². The van der Waals surface area contributed by atoms with Crippen LogP contribution in [0.2, 0.25) is 0 Å². The molecule has 1 aromatic heterocycles. The average molecular weight is 408 g/mol. The lowest BCUT2D eigenvalue weighted by Crippen LogP contribution is -2.20. The summed E-state index contributed by atoms with van der Waals surface area (Å²) < 4.78 is 33.2. The van der Waals surface area contributed by atoms with E-state index >= 15 is 0 Å². The Kier molecular flexibility index (Phi) is 6.89. The normalized spacial score (nSPS) is 12.5. The van der Waals surface area contributed by atoms with Crippen molar-refractivity contribution in [1.82, 2.24) is 10.2 Å². The van der Waals surface area contributed by atoms with E-state index in [1.165, 1.54) is 47.4 Å². The minimum Gasteiger partial charge on any atom is -0.390 e. The average Bonchev–Trinajstić information content (AvgIpc) is 3.08. The fourth-order valence-electron chi connectivity index (χ4n) is 2.42. The van der Waals surface area contributed by atoms with Gasteiger partial charge in [-0.1, -0.05) is 47.4 Å². The van der Waals surface area contributed by atoms with E-state index in [1.54, 1.807) is 24.3 Å². The van der Waals surface area contributed by atoms with Crippen molar-refractivity contribution in [2.75, 3.05) is 12.4 Å². The Morgan fingerprint density at radius 3 is 2.04 bits per heavy atom. The van der Waals surface area contributed by atoms with E-state index in [2.05, 4.69) is 10.2 Å². The Labute approximate surface area is 164 Å². The lowest BCUT2D eigenvalue weighted by molar-refractivity contribution is 0.0155. The van der Waals surface area contributed by atoms with Crippen LogP contribution < -0.4 is 0 Å². The Balaban J connectivity index is 1.65. The van der Waals surface area contributed by atoms with Crippen molar-refractivity contribution in [2.24, 2.45) is 0 Å². The first-order chi connectivity index (χ1) is 13.0. The largest absolute Gasteiger partial charge is 0.390 e. The second kappa shape index (κ2) is 9.36. The molecule has 0 amide bonds. The molecule has 0 aliphatic heterocycles. The van der Waals surface area contributed by atoms with Crippen LogP contribution in [-0.4, -0.2) is 33.8 Å². The van der Waals surface area contributed by atoms with Crippen molar-refractivity contribution >= 4 is 23.1 Å². The molecule has 0 aliphatic rings. The SMILES string of the molecule is Cc1nnc(SCC(O)COC(c2ccc(F)cc2)c2ccc(F)cc2)s1. The molecule has 0 bridgehead atoms. The zero-order valence-electron chi connectivity index (χ0n) is 14.5. The monoisotopic (exact) mass is 408 g/mol. The number of halogens is 2. The lowest BCUT2D eigenvalue weighted by Gasteiger charge is -2.21. The molecule has 0 aliphatic carbocycles. The molecule has 1 atom stereocenters. The van der Waals surface area contributed by atoms with Gasteiger partial charge >= 0.3 is 0 Å². The van der Waals surface area contributed by atoms with Gasteiger partial charge in [0.15, 0.2) is 4.34 Å². The number of aliphatic hydroxyl groups is 1. The van der Waals surface area contributed by atoms with Gasteiger partial charge in [-0.05, 0) is 42.3 Å². The van der Waals surface area contributed by atoms with E-state index in [0.717, 1.165) is 20.5 Å². The molecule has 1 N–H and O–H groups in total. The smallest absolute Gasteiger partial charge is 0.174 e. The van der Waals surface area contributed by atoms with Gasteiger partial charge in [0.1, 0.15) is 22.7 Å². The van der Waals surface area contributed by atoms with Crippen molar-refractivity contribution < 1.29 is 18.6 Å². The van der Waals surface area contributed by atoms with E-state index < -0.39 is 12.2 Å². The van der Waals surface area contributed by atoms with Gasteiger partial charge in [-0.2, -0.15) is 0 Å². The zero-order chi connectivity index (χ0) is 19.2. The van der Waals surface area contributed by atoms with Crippen LogP contribution in [0, 0.1) is 18.6 Å². The van der Waals surface area contributed by atoms with E-state index in [1.807, 2.05) is 6.92 Å². The maximum absolute atomic E-state index is 13.2. The Hall–Kier alpha value is -1.87. The first-order valence-electron chi connectivity index (χ1n) is 8.25. The highest BCUT2D eigenvalue weighted by molar-refractivity contribution is 8.01. The van der Waals surface area contributed by atoms with Gasteiger partial charge in [0, 0.05) is 5.75 Å². The summed E-state index contributed by atoms with van der Waals surface area (Å²) in [4.78, 5) is 0. The second-order valence-electron chi connectivity index (χ2n) is 5.87. The standard InChI is InChI=1S/C19H18F2N2O2S2/c1-12-22-23-19(27-12)26-11-17(24)10-25-18(13-2-6-15(20)7-3-13)14-4-8-16(21)9-5-14/h2-9,17-18,24H,10-11H2,1H3. The first-order valence-corrected chi connectivity index (χ1v) is 10.0. The van der Waals surface area contributed by atoms with Gasteiger partial charge in [-0.3, -0.25) is 0 Å². The molecule has 2 aromatic carbocycles. The van der Waals surface area contributed by atoms with Crippen LogP contribution in [0.4, 0.5) is 8.78 Å². The highest BCUT2D eigenvalue weighted by Gasteiger charge is 2.18. The number of aromatic nitrogens is 2. The Bertz CT molecular complexity index is 811. The topological polar surface area (TPSA) is 55.2 Å². The van der Waals surface area contributed by atoms with Gasteiger partial charge < -0.3 is 9.84 Å². The summed E-state index contributed by atoms with van der Waals surface area (Å²) in [5.74, 6) is -0.283. The molecule has 3 aromatic rings. The third-order valence-electron chi connectivity index (χ3n) is 3.71. The van der Waals surface area contributed by atoms with Crippen LogP contribution in [-0.2, 0) is 4.74 Å². The highest BCUT2D eigenvalue weighted by Crippen LogP contribution is 2.28. The second-order valence-corrected chi connectivity index (χ2v) is 8.32. The number of nitrogens with zero attached hydrogens (tertiary/aromatic N) is 2. The molecular formula is C19H18F2N2O2S2. The van der Waals surface area contributed by atoms with Gasteiger partial charge in [-0.25, -0.2) is 8.78 Å². The first kappa shape index (κ1) is 19.9. The molecule has 3 rings (SSSR count). The molecule has 0 saturated carbocycles. The molecule has 27 heavy (non-hydrogen) atoms. The molecule has 0 fully saturated rings. The fraction of sp³-hybridized carbons (Fsp3) is 0.263. The summed E-state index contributed by atoms with van der Waals surface area (Å²) in [5, 5.41) is 19.0. The van der Waals surface area contributed by atoms with Crippen molar-refractivity contribution in [3.8, 4) is 0 Å². The van der Waals surface area contributed by atoms with Crippen LogP contribution >= 0.6 is 23.1 Å². The quantitative estimate of drug-likeness (QED) is 0.561. The lowest BCUT2D eigenvalue weighted by atomic mass is 10.0. The van der Waals surface area contributed by atoms with Gasteiger partial charge in [-0.15, -0.1) is 10.2 Å². The molecule has 1 unspecified atom stereocenters. The number of benzene rings is 2. The fourth-order valence-corrected chi connectivity index (χ4v) is 4.17. The van der Waals surface area contributed by atoms with Crippen LogP contribution in [0.5, 0.6) is 0 Å². The molecule has 0 saturated heterocycles.